The Balaban J connectivity index is 2.32. The van der Waals surface area contributed by atoms with Gasteiger partial charge in [-0.3, -0.25) is 10.3 Å². The van der Waals surface area contributed by atoms with Crippen LogP contribution in [0.3, 0.4) is 0 Å². The van der Waals surface area contributed by atoms with Gasteiger partial charge in [-0.05, 0) is 37.8 Å². The number of carbonyl (C=O) groups is 1. The van der Waals surface area contributed by atoms with Crippen LogP contribution in [-0.4, -0.2) is 28.4 Å². The first-order valence-corrected chi connectivity index (χ1v) is 7.81. The fourth-order valence-electron chi connectivity index (χ4n) is 1.98. The Kier molecular flexibility index (Phi) is 5.17. The van der Waals surface area contributed by atoms with E-state index in [9.17, 15) is 9.00 Å². The average molecular weight is 329 g/mol. The zero-order chi connectivity index (χ0) is 16.3. The molecule has 1 aromatic carbocycles. The minimum absolute atomic E-state index is 0.304. The number of ether oxygens (including phenoxy) is 2. The van der Waals surface area contributed by atoms with Crippen LogP contribution < -0.4 is 10.5 Å². The summed E-state index contributed by atoms with van der Waals surface area (Å²) in [4.78, 5) is 11.6. The van der Waals surface area contributed by atoms with Crippen LogP contribution in [0.15, 0.2) is 18.2 Å². The van der Waals surface area contributed by atoms with Crippen LogP contribution in [-0.2, 0) is 26.0 Å². The Bertz CT molecular complexity index is 585. The topological polar surface area (TPSA) is 108 Å². The quantitative estimate of drug-likeness (QED) is 0.444. The number of nitrogens with two attached hydrogens (primary N) is 1. The molecule has 1 saturated carbocycles. The zero-order valence-electron chi connectivity index (χ0n) is 12.4. The molecule has 0 aliphatic heterocycles. The molecule has 0 spiro atoms. The number of hydrogen-bond acceptors (Lipinski definition) is 6. The molecule has 2 unspecified atom stereocenters. The maximum Gasteiger partial charge on any atom is 0.337 e. The lowest BCUT2D eigenvalue weighted by Crippen LogP contribution is -2.37. The Hall–Kier alpha value is -1.48. The third kappa shape index (κ3) is 4.26. The molecule has 0 radical (unpaired) electrons. The van der Waals surface area contributed by atoms with Crippen LogP contribution in [0.2, 0.25) is 0 Å². The fraction of sp³-hybridized carbons (Fsp3) is 0.500. The number of methoxy groups -OCH3 is 1. The van der Waals surface area contributed by atoms with Crippen molar-refractivity contribution in [2.24, 2.45) is 11.7 Å². The molecule has 8 heteroatoms. The molecule has 1 aliphatic rings. The second-order valence-electron chi connectivity index (χ2n) is 5.36. The van der Waals surface area contributed by atoms with Crippen molar-refractivity contribution in [1.82, 2.24) is 0 Å². The van der Waals surface area contributed by atoms with Crippen molar-refractivity contribution in [3.8, 4) is 5.75 Å². The van der Waals surface area contributed by atoms with E-state index in [0.29, 0.717) is 29.4 Å². The standard InChI is InChI=1S/C14H19NO6S/c1-14(15,21-22(17)18)11-6-5-10(13(16)19-2)7-12(11)20-8-9-3-4-9/h5-7,9H,3-4,8,15H2,1-2H3,(H,17,18). The number of hydrogen-bond donors (Lipinski definition) is 2. The van der Waals surface area contributed by atoms with Gasteiger partial charge in [-0.2, -0.15) is 4.21 Å². The molecule has 0 aromatic heterocycles. The summed E-state index contributed by atoms with van der Waals surface area (Å²) in [6.07, 6.45) is 2.20. The van der Waals surface area contributed by atoms with Gasteiger partial charge >= 0.3 is 17.3 Å². The minimum Gasteiger partial charge on any atom is -0.493 e. The summed E-state index contributed by atoms with van der Waals surface area (Å²) in [5.41, 5.74) is 5.10. The molecule has 0 heterocycles. The lowest BCUT2D eigenvalue weighted by atomic mass is 10.0. The van der Waals surface area contributed by atoms with E-state index in [0.717, 1.165) is 12.8 Å². The van der Waals surface area contributed by atoms with Crippen molar-refractivity contribution in [3.63, 3.8) is 0 Å². The Labute approximate surface area is 131 Å². The van der Waals surface area contributed by atoms with Crippen LogP contribution in [0, 0.1) is 5.92 Å². The summed E-state index contributed by atoms with van der Waals surface area (Å²) < 4.78 is 35.0. The highest BCUT2D eigenvalue weighted by atomic mass is 32.2. The molecule has 7 nitrogen and oxygen atoms in total. The lowest BCUT2D eigenvalue weighted by Gasteiger charge is -2.25. The van der Waals surface area contributed by atoms with Gasteiger partial charge in [0.05, 0.1) is 19.3 Å². The van der Waals surface area contributed by atoms with Gasteiger partial charge in [0.1, 0.15) is 5.75 Å². The summed E-state index contributed by atoms with van der Waals surface area (Å²) in [5, 5.41) is 0. The number of carbonyl (C=O) groups excluding carboxylic acids is 1. The van der Waals surface area contributed by atoms with Gasteiger partial charge < -0.3 is 9.47 Å². The molecule has 0 bridgehead atoms. The highest BCUT2D eigenvalue weighted by Gasteiger charge is 2.31. The predicted molar refractivity (Wildman–Crippen MR) is 79.4 cm³/mol. The van der Waals surface area contributed by atoms with Crippen LogP contribution in [0.4, 0.5) is 0 Å². The summed E-state index contributed by atoms with van der Waals surface area (Å²) in [6, 6.07) is 4.53. The Morgan fingerprint density at radius 1 is 1.50 bits per heavy atom. The van der Waals surface area contributed by atoms with Gasteiger partial charge in [0, 0.05) is 5.56 Å². The third-order valence-corrected chi connectivity index (χ3v) is 3.84. The molecule has 3 N–H and O–H groups in total. The average Bonchev–Trinajstić information content (AvgIpc) is 3.26. The maximum absolute atomic E-state index is 11.6. The van der Waals surface area contributed by atoms with Gasteiger partial charge in [-0.1, -0.05) is 6.07 Å². The van der Waals surface area contributed by atoms with Crippen molar-refractivity contribution >= 4 is 17.3 Å². The zero-order valence-corrected chi connectivity index (χ0v) is 13.2. The largest absolute Gasteiger partial charge is 0.493 e. The Morgan fingerprint density at radius 3 is 2.73 bits per heavy atom. The second kappa shape index (κ2) is 6.74. The first-order chi connectivity index (χ1) is 10.3. The summed E-state index contributed by atoms with van der Waals surface area (Å²) >= 11 is -2.53. The van der Waals surface area contributed by atoms with Crippen molar-refractivity contribution in [2.75, 3.05) is 13.7 Å². The molecular formula is C14H19NO6S. The number of rotatable bonds is 7. The van der Waals surface area contributed by atoms with Crippen LogP contribution in [0.5, 0.6) is 5.75 Å². The lowest BCUT2D eigenvalue weighted by molar-refractivity contribution is 0.0598. The Morgan fingerprint density at radius 2 is 2.18 bits per heavy atom. The van der Waals surface area contributed by atoms with Gasteiger partial charge in [-0.25, -0.2) is 8.98 Å². The molecule has 1 aliphatic carbocycles. The summed E-state index contributed by atoms with van der Waals surface area (Å²) in [5.74, 6) is 0.324. The fourth-order valence-corrected chi connectivity index (χ4v) is 2.37. The van der Waals surface area contributed by atoms with E-state index in [4.69, 9.17) is 19.2 Å². The van der Waals surface area contributed by atoms with Gasteiger partial charge in [-0.15, -0.1) is 0 Å². The minimum atomic E-state index is -2.53. The molecule has 122 valence electrons. The highest BCUT2D eigenvalue weighted by molar-refractivity contribution is 7.74. The molecule has 2 rings (SSSR count). The molecule has 2 atom stereocenters. The maximum atomic E-state index is 11.6. The smallest absolute Gasteiger partial charge is 0.337 e. The molecule has 1 aromatic rings. The molecule has 1 fully saturated rings. The van der Waals surface area contributed by atoms with Crippen LogP contribution in [0.1, 0.15) is 35.7 Å². The predicted octanol–water partition coefficient (Wildman–Crippen LogP) is 1.55. The monoisotopic (exact) mass is 329 g/mol. The first kappa shape index (κ1) is 16.9. The van der Waals surface area contributed by atoms with Crippen molar-refractivity contribution in [3.05, 3.63) is 29.3 Å². The highest BCUT2D eigenvalue weighted by Crippen LogP contribution is 2.34. The van der Waals surface area contributed by atoms with Crippen LogP contribution in [0.25, 0.3) is 0 Å². The van der Waals surface area contributed by atoms with E-state index < -0.39 is 23.1 Å². The SMILES string of the molecule is COC(=O)c1ccc(C(C)(N)OS(=O)O)c(OCC2CC2)c1. The molecule has 22 heavy (non-hydrogen) atoms. The van der Waals surface area contributed by atoms with E-state index in [2.05, 4.69) is 4.74 Å². The van der Waals surface area contributed by atoms with Crippen LogP contribution >= 0.6 is 0 Å². The number of benzene rings is 1. The summed E-state index contributed by atoms with van der Waals surface area (Å²) in [7, 11) is 1.28. The first-order valence-electron chi connectivity index (χ1n) is 6.78. The molecular weight excluding hydrogens is 310 g/mol. The van der Waals surface area contributed by atoms with E-state index >= 15 is 0 Å². The number of esters is 1. The van der Waals surface area contributed by atoms with Crippen molar-refractivity contribution in [2.45, 2.75) is 25.5 Å². The van der Waals surface area contributed by atoms with Gasteiger partial charge in [0.15, 0.2) is 5.72 Å². The van der Waals surface area contributed by atoms with E-state index in [1.54, 1.807) is 0 Å². The summed E-state index contributed by atoms with van der Waals surface area (Å²) in [6.45, 7) is 1.94. The van der Waals surface area contributed by atoms with E-state index in [1.165, 1.54) is 32.2 Å². The third-order valence-electron chi connectivity index (χ3n) is 3.35. The van der Waals surface area contributed by atoms with Gasteiger partial charge in [0.2, 0.25) is 0 Å². The van der Waals surface area contributed by atoms with Crippen molar-refractivity contribution < 1.29 is 27.2 Å². The normalized spacial score (nSPS) is 18.4. The van der Waals surface area contributed by atoms with E-state index in [-0.39, 0.29) is 0 Å². The van der Waals surface area contributed by atoms with Crippen molar-refractivity contribution in [1.29, 1.82) is 0 Å². The molecule has 0 saturated heterocycles. The second-order valence-corrected chi connectivity index (χ2v) is 5.97. The molecule has 0 amide bonds. The van der Waals surface area contributed by atoms with E-state index in [1.807, 2.05) is 0 Å². The van der Waals surface area contributed by atoms with Gasteiger partial charge in [0.25, 0.3) is 0 Å².